The molecule has 1 saturated heterocycles. The van der Waals surface area contributed by atoms with Gasteiger partial charge in [-0.25, -0.2) is 9.50 Å². The number of hydrogen-bond acceptors (Lipinski definition) is 5. The van der Waals surface area contributed by atoms with E-state index in [9.17, 15) is 22.8 Å². The third-order valence-electron chi connectivity index (χ3n) is 7.19. The fraction of sp³-hybridized carbons (Fsp3) is 0.440. The molecule has 37 heavy (non-hydrogen) atoms. The molecule has 3 aromatic rings. The van der Waals surface area contributed by atoms with Crippen molar-refractivity contribution in [1.29, 1.82) is 0 Å². The van der Waals surface area contributed by atoms with Gasteiger partial charge in [-0.3, -0.25) is 9.59 Å². The van der Waals surface area contributed by atoms with E-state index in [1.165, 1.54) is 19.2 Å². The standard InChI is InChI=1S/C25H26ClF3N6O2/c1-14-9-10-34(18-13-30-20-11-19(26)32-35(20)22(14)18)17-6-3-15(4-7-17)23(25(27,28)29)33(2)24(37)16-5-8-21(36)31-12-16/h3-4,6-7,11,13-14,16,23H,5,8-10,12H2,1-2H3,(H,31,36)/t14-,16+,23-/m0/s1. The third kappa shape index (κ3) is 4.72. The maximum Gasteiger partial charge on any atom is 0.413 e. The fourth-order valence-electron chi connectivity index (χ4n) is 5.26. The molecule has 2 amide bonds. The van der Waals surface area contributed by atoms with Gasteiger partial charge in [0.1, 0.15) is 0 Å². The lowest BCUT2D eigenvalue weighted by Gasteiger charge is -2.35. The number of nitrogens with one attached hydrogen (secondary N) is 1. The Labute approximate surface area is 216 Å². The monoisotopic (exact) mass is 534 g/mol. The van der Waals surface area contributed by atoms with Crippen LogP contribution in [0.5, 0.6) is 0 Å². The molecule has 2 aromatic heterocycles. The number of rotatable bonds is 4. The Hall–Kier alpha value is -3.34. The van der Waals surface area contributed by atoms with Gasteiger partial charge in [0, 0.05) is 44.2 Å². The molecule has 0 radical (unpaired) electrons. The second kappa shape index (κ2) is 9.51. The Balaban J connectivity index is 1.44. The molecule has 0 bridgehead atoms. The highest BCUT2D eigenvalue weighted by atomic mass is 35.5. The van der Waals surface area contributed by atoms with Crippen LogP contribution < -0.4 is 10.2 Å². The zero-order valence-corrected chi connectivity index (χ0v) is 21.1. The highest BCUT2D eigenvalue weighted by Gasteiger charge is 2.46. The average molecular weight is 535 g/mol. The Morgan fingerprint density at radius 2 is 1.97 bits per heavy atom. The minimum Gasteiger partial charge on any atom is -0.355 e. The first-order chi connectivity index (χ1) is 17.5. The van der Waals surface area contributed by atoms with Gasteiger partial charge >= 0.3 is 6.18 Å². The largest absolute Gasteiger partial charge is 0.413 e. The van der Waals surface area contributed by atoms with Crippen molar-refractivity contribution in [2.45, 2.75) is 44.3 Å². The Bertz CT molecular complexity index is 1330. The smallest absolute Gasteiger partial charge is 0.355 e. The summed E-state index contributed by atoms with van der Waals surface area (Å²) in [5, 5.41) is 7.25. The average Bonchev–Trinajstić information content (AvgIpc) is 3.24. The molecule has 0 spiro atoms. The van der Waals surface area contributed by atoms with Crippen molar-refractivity contribution in [3.63, 3.8) is 0 Å². The summed E-state index contributed by atoms with van der Waals surface area (Å²) in [4.78, 5) is 31.5. The van der Waals surface area contributed by atoms with E-state index < -0.39 is 24.0 Å². The number of piperidine rings is 1. The number of nitrogens with zero attached hydrogens (tertiary/aromatic N) is 5. The number of anilines is 2. The number of carbonyl (C=O) groups excluding carboxylic acids is 2. The first-order valence-electron chi connectivity index (χ1n) is 12.1. The second-order valence-electron chi connectivity index (χ2n) is 9.63. The van der Waals surface area contributed by atoms with E-state index in [2.05, 4.69) is 22.3 Å². The van der Waals surface area contributed by atoms with E-state index >= 15 is 0 Å². The van der Waals surface area contributed by atoms with Crippen LogP contribution in [-0.2, 0) is 9.59 Å². The summed E-state index contributed by atoms with van der Waals surface area (Å²) in [6.45, 7) is 2.79. The number of carbonyl (C=O) groups is 2. The Morgan fingerprint density at radius 3 is 2.62 bits per heavy atom. The van der Waals surface area contributed by atoms with Crippen molar-refractivity contribution in [1.82, 2.24) is 24.8 Å². The van der Waals surface area contributed by atoms with Crippen molar-refractivity contribution in [2.24, 2.45) is 5.92 Å². The molecule has 1 aromatic carbocycles. The van der Waals surface area contributed by atoms with Gasteiger partial charge in [-0.2, -0.15) is 18.3 Å². The molecule has 2 aliphatic rings. The lowest BCUT2D eigenvalue weighted by Crippen LogP contribution is -2.47. The van der Waals surface area contributed by atoms with Crippen LogP contribution in [0.25, 0.3) is 5.65 Å². The molecule has 1 N–H and O–H groups in total. The van der Waals surface area contributed by atoms with Crippen molar-refractivity contribution < 1.29 is 22.8 Å². The minimum atomic E-state index is -4.67. The van der Waals surface area contributed by atoms with E-state index in [1.807, 2.05) is 4.90 Å². The number of aromatic nitrogens is 3. The van der Waals surface area contributed by atoms with Crippen LogP contribution in [0.2, 0.25) is 5.15 Å². The Morgan fingerprint density at radius 1 is 1.24 bits per heavy atom. The maximum atomic E-state index is 14.2. The van der Waals surface area contributed by atoms with Crippen LogP contribution >= 0.6 is 11.6 Å². The number of fused-ring (bicyclic) bond motifs is 3. The second-order valence-corrected chi connectivity index (χ2v) is 10.0. The molecule has 8 nitrogen and oxygen atoms in total. The van der Waals surface area contributed by atoms with E-state index in [0.29, 0.717) is 23.0 Å². The molecule has 4 heterocycles. The predicted molar refractivity (Wildman–Crippen MR) is 132 cm³/mol. The summed E-state index contributed by atoms with van der Waals surface area (Å²) in [6.07, 6.45) is -1.77. The topological polar surface area (TPSA) is 82.8 Å². The molecule has 0 unspecified atom stereocenters. The van der Waals surface area contributed by atoms with Gasteiger partial charge in [-0.05, 0) is 30.5 Å². The van der Waals surface area contributed by atoms with Crippen molar-refractivity contribution in [3.05, 3.63) is 52.9 Å². The van der Waals surface area contributed by atoms with Crippen LogP contribution in [0.1, 0.15) is 49.4 Å². The number of amides is 2. The van der Waals surface area contributed by atoms with E-state index in [0.717, 1.165) is 22.7 Å². The first kappa shape index (κ1) is 25.3. The van der Waals surface area contributed by atoms with Gasteiger partial charge in [0.2, 0.25) is 11.8 Å². The van der Waals surface area contributed by atoms with Gasteiger partial charge in [-0.15, -0.1) is 0 Å². The molecule has 0 aliphatic carbocycles. The Kier molecular flexibility index (Phi) is 6.51. The van der Waals surface area contributed by atoms with Crippen molar-refractivity contribution >= 4 is 40.4 Å². The quantitative estimate of drug-likeness (QED) is 0.528. The molecule has 1 fully saturated rings. The molecular formula is C25H26ClF3N6O2. The molecule has 2 aliphatic heterocycles. The fourth-order valence-corrected chi connectivity index (χ4v) is 5.43. The van der Waals surface area contributed by atoms with Crippen LogP contribution in [0, 0.1) is 5.92 Å². The summed E-state index contributed by atoms with van der Waals surface area (Å²) < 4.78 is 44.3. The van der Waals surface area contributed by atoms with Crippen LogP contribution in [0.4, 0.5) is 24.5 Å². The van der Waals surface area contributed by atoms with Crippen LogP contribution in [0.15, 0.2) is 36.5 Å². The summed E-state index contributed by atoms with van der Waals surface area (Å²) in [5.74, 6) is -1.34. The minimum absolute atomic E-state index is 0.0371. The van der Waals surface area contributed by atoms with Gasteiger partial charge in [0.05, 0.1) is 23.5 Å². The SMILES string of the molecule is C[C@H]1CCN(c2ccc([C@H](N(C)C(=O)[C@@H]3CCC(=O)NC3)C(F)(F)F)cc2)c2cnc3cc(Cl)nn3c21. The predicted octanol–water partition coefficient (Wildman–Crippen LogP) is 4.62. The third-order valence-corrected chi connectivity index (χ3v) is 7.38. The number of halogens is 4. The molecule has 196 valence electrons. The molecular weight excluding hydrogens is 509 g/mol. The van der Waals surface area contributed by atoms with Gasteiger partial charge in [0.25, 0.3) is 0 Å². The highest BCUT2D eigenvalue weighted by Crippen LogP contribution is 2.41. The molecule has 5 rings (SSSR count). The molecule has 12 heteroatoms. The molecule has 3 atom stereocenters. The lowest BCUT2D eigenvalue weighted by molar-refractivity contribution is -0.190. The summed E-state index contributed by atoms with van der Waals surface area (Å²) in [6, 6.07) is 5.66. The number of alkyl halides is 3. The van der Waals surface area contributed by atoms with E-state index in [1.54, 1.807) is 28.9 Å². The van der Waals surface area contributed by atoms with Gasteiger partial charge in [0.15, 0.2) is 16.8 Å². The van der Waals surface area contributed by atoms with E-state index in [4.69, 9.17) is 11.6 Å². The van der Waals surface area contributed by atoms with Crippen molar-refractivity contribution in [2.75, 3.05) is 25.0 Å². The number of hydrogen-bond donors (Lipinski definition) is 1. The summed E-state index contributed by atoms with van der Waals surface area (Å²) >= 11 is 6.09. The molecule has 0 saturated carbocycles. The van der Waals surface area contributed by atoms with E-state index in [-0.39, 0.29) is 36.8 Å². The van der Waals surface area contributed by atoms with Crippen LogP contribution in [-0.4, -0.2) is 57.6 Å². The zero-order valence-electron chi connectivity index (χ0n) is 20.3. The highest BCUT2D eigenvalue weighted by molar-refractivity contribution is 6.29. The van der Waals surface area contributed by atoms with Gasteiger partial charge in [-0.1, -0.05) is 30.7 Å². The normalized spacial score (nSPS) is 20.9. The summed E-state index contributed by atoms with van der Waals surface area (Å²) in [5.41, 5.74) is 3.06. The lowest BCUT2D eigenvalue weighted by atomic mass is 9.95. The van der Waals surface area contributed by atoms with Gasteiger partial charge < -0.3 is 15.1 Å². The zero-order chi connectivity index (χ0) is 26.5. The summed E-state index contributed by atoms with van der Waals surface area (Å²) in [7, 11) is 1.17. The number of benzene rings is 1. The first-order valence-corrected chi connectivity index (χ1v) is 12.4. The maximum absolute atomic E-state index is 14.2. The van der Waals surface area contributed by atoms with Crippen molar-refractivity contribution in [3.8, 4) is 0 Å². The van der Waals surface area contributed by atoms with Crippen LogP contribution in [0.3, 0.4) is 0 Å².